The third-order valence-electron chi connectivity index (χ3n) is 2.76. The van der Waals surface area contributed by atoms with E-state index in [-0.39, 0.29) is 10.3 Å². The summed E-state index contributed by atoms with van der Waals surface area (Å²) in [5.74, 6) is 0.555. The number of rotatable bonds is 8. The molecule has 1 heterocycles. The van der Waals surface area contributed by atoms with Crippen LogP contribution in [0.5, 0.6) is 0 Å². The molecule has 110 valence electrons. The largest absolute Gasteiger partial charge is 0.447 e. The number of furan rings is 1. The molecule has 0 saturated carbocycles. The van der Waals surface area contributed by atoms with E-state index in [1.165, 1.54) is 13.1 Å². The number of nitrogens with one attached hydrogen (secondary N) is 2. The van der Waals surface area contributed by atoms with E-state index in [1.807, 2.05) is 6.92 Å². The molecule has 0 aliphatic carbocycles. The fraction of sp³-hybridized carbons (Fsp3) is 0.636. The molecule has 19 heavy (non-hydrogen) atoms. The second-order valence-corrected chi connectivity index (χ2v) is 7.82. The zero-order valence-corrected chi connectivity index (χ0v) is 12.9. The standard InChI is InChI=1S/C11H20N2O4S2/c1-9(18(3)14)6-7-13-8-10-4-5-11(17-10)19(15,16)12-2/h4-5,9,12-13H,6-8H2,1-3H3. The second kappa shape index (κ2) is 7.18. The first-order valence-corrected chi connectivity index (χ1v) is 9.02. The molecule has 8 heteroatoms. The average molecular weight is 308 g/mol. The topological polar surface area (TPSA) is 88.4 Å². The maximum atomic E-state index is 11.4. The molecule has 0 bridgehead atoms. The van der Waals surface area contributed by atoms with Crippen LogP contribution in [0, 0.1) is 0 Å². The van der Waals surface area contributed by atoms with E-state index in [1.54, 1.807) is 12.3 Å². The maximum absolute atomic E-state index is 11.4. The summed E-state index contributed by atoms with van der Waals surface area (Å²) in [5.41, 5.74) is 0. The lowest BCUT2D eigenvalue weighted by Gasteiger charge is -2.08. The van der Waals surface area contributed by atoms with Gasteiger partial charge in [0.05, 0.1) is 6.54 Å². The zero-order chi connectivity index (χ0) is 14.5. The van der Waals surface area contributed by atoms with Gasteiger partial charge in [-0.1, -0.05) is 6.92 Å². The fourth-order valence-electron chi connectivity index (χ4n) is 1.38. The van der Waals surface area contributed by atoms with Crippen molar-refractivity contribution in [1.82, 2.24) is 10.0 Å². The lowest BCUT2D eigenvalue weighted by atomic mass is 10.3. The third-order valence-corrected chi connectivity index (χ3v) is 5.42. The van der Waals surface area contributed by atoms with Crippen LogP contribution < -0.4 is 10.0 Å². The molecule has 0 saturated heterocycles. The van der Waals surface area contributed by atoms with Crippen LogP contribution in [-0.4, -0.2) is 37.7 Å². The van der Waals surface area contributed by atoms with Gasteiger partial charge in [0.25, 0.3) is 10.0 Å². The van der Waals surface area contributed by atoms with E-state index >= 15 is 0 Å². The first kappa shape index (κ1) is 16.4. The first-order valence-electron chi connectivity index (χ1n) is 5.92. The predicted molar refractivity (Wildman–Crippen MR) is 74.8 cm³/mol. The summed E-state index contributed by atoms with van der Waals surface area (Å²) >= 11 is 0. The molecule has 0 spiro atoms. The van der Waals surface area contributed by atoms with Gasteiger partial charge < -0.3 is 9.73 Å². The van der Waals surface area contributed by atoms with Crippen molar-refractivity contribution in [3.8, 4) is 0 Å². The van der Waals surface area contributed by atoms with Gasteiger partial charge >= 0.3 is 0 Å². The second-order valence-electron chi connectivity index (χ2n) is 4.20. The lowest BCUT2D eigenvalue weighted by Crippen LogP contribution is -2.20. The Morgan fingerprint density at radius 2 is 2.11 bits per heavy atom. The highest BCUT2D eigenvalue weighted by Gasteiger charge is 2.16. The Kier molecular flexibility index (Phi) is 6.18. The monoisotopic (exact) mass is 308 g/mol. The molecule has 2 atom stereocenters. The number of hydrogen-bond acceptors (Lipinski definition) is 5. The Bertz CT molecular complexity index is 525. The van der Waals surface area contributed by atoms with E-state index in [9.17, 15) is 12.6 Å². The quantitative estimate of drug-likeness (QED) is 0.680. The van der Waals surface area contributed by atoms with Gasteiger partial charge in [0, 0.05) is 22.3 Å². The van der Waals surface area contributed by atoms with Gasteiger partial charge in [-0.3, -0.25) is 4.21 Å². The third kappa shape index (κ3) is 5.06. The molecule has 2 N–H and O–H groups in total. The highest BCUT2D eigenvalue weighted by atomic mass is 32.2. The van der Waals surface area contributed by atoms with Crippen molar-refractivity contribution in [3.63, 3.8) is 0 Å². The minimum Gasteiger partial charge on any atom is -0.447 e. The molecule has 2 unspecified atom stereocenters. The molecule has 1 rings (SSSR count). The van der Waals surface area contributed by atoms with E-state index in [2.05, 4.69) is 10.0 Å². The summed E-state index contributed by atoms with van der Waals surface area (Å²) in [5, 5.41) is 3.18. The molecule has 0 amide bonds. The highest BCUT2D eigenvalue weighted by Crippen LogP contribution is 2.13. The summed E-state index contributed by atoms with van der Waals surface area (Å²) in [6.45, 7) is 3.08. The zero-order valence-electron chi connectivity index (χ0n) is 11.3. The molecule has 0 aromatic carbocycles. The Hall–Kier alpha value is -0.700. The summed E-state index contributed by atoms with van der Waals surface area (Å²) in [4.78, 5) is 0. The molecular weight excluding hydrogens is 288 g/mol. The maximum Gasteiger partial charge on any atom is 0.273 e. The molecule has 0 radical (unpaired) electrons. The molecule has 0 fully saturated rings. The van der Waals surface area contributed by atoms with E-state index in [0.717, 1.165) is 6.42 Å². The van der Waals surface area contributed by atoms with Crippen molar-refractivity contribution in [2.24, 2.45) is 0 Å². The Morgan fingerprint density at radius 1 is 1.42 bits per heavy atom. The molecule has 6 nitrogen and oxygen atoms in total. The van der Waals surface area contributed by atoms with Crippen LogP contribution in [0.2, 0.25) is 0 Å². The predicted octanol–water partition coefficient (Wildman–Crippen LogP) is 0.434. The Labute approximate surface area is 116 Å². The summed E-state index contributed by atoms with van der Waals surface area (Å²) in [6.07, 6.45) is 2.48. The molecule has 0 aliphatic rings. The van der Waals surface area contributed by atoms with Crippen molar-refractivity contribution in [2.45, 2.75) is 30.2 Å². The molecule has 0 aliphatic heterocycles. The fourth-order valence-corrected chi connectivity index (χ4v) is 2.50. The minimum absolute atomic E-state index is 0.0881. The van der Waals surface area contributed by atoms with Crippen molar-refractivity contribution in [2.75, 3.05) is 19.8 Å². The van der Waals surface area contributed by atoms with Crippen molar-refractivity contribution in [3.05, 3.63) is 17.9 Å². The summed E-state index contributed by atoms with van der Waals surface area (Å²) in [6, 6.07) is 3.05. The van der Waals surface area contributed by atoms with E-state index in [0.29, 0.717) is 18.8 Å². The van der Waals surface area contributed by atoms with Crippen LogP contribution in [0.15, 0.2) is 21.6 Å². The Morgan fingerprint density at radius 3 is 2.68 bits per heavy atom. The average Bonchev–Trinajstić information content (AvgIpc) is 2.83. The summed E-state index contributed by atoms with van der Waals surface area (Å²) in [7, 11) is -3.00. The van der Waals surface area contributed by atoms with Crippen LogP contribution in [0.4, 0.5) is 0 Å². The van der Waals surface area contributed by atoms with Gasteiger partial charge in [-0.2, -0.15) is 0 Å². The molecule has 1 aromatic heterocycles. The normalized spacial score (nSPS) is 15.3. The van der Waals surface area contributed by atoms with E-state index in [4.69, 9.17) is 4.42 Å². The van der Waals surface area contributed by atoms with Crippen LogP contribution in [-0.2, 0) is 27.4 Å². The van der Waals surface area contributed by atoms with Crippen molar-refractivity contribution >= 4 is 20.8 Å². The van der Waals surface area contributed by atoms with Gasteiger partial charge in [-0.05, 0) is 32.1 Å². The smallest absolute Gasteiger partial charge is 0.273 e. The molecular formula is C11H20N2O4S2. The first-order chi connectivity index (χ1) is 8.86. The Balaban J connectivity index is 2.41. The minimum atomic E-state index is -3.52. The van der Waals surface area contributed by atoms with Crippen LogP contribution in [0.1, 0.15) is 19.1 Å². The van der Waals surface area contributed by atoms with Crippen LogP contribution >= 0.6 is 0 Å². The van der Waals surface area contributed by atoms with Crippen LogP contribution in [0.3, 0.4) is 0 Å². The lowest BCUT2D eigenvalue weighted by molar-refractivity contribution is 0.400. The van der Waals surface area contributed by atoms with Gasteiger partial charge in [-0.15, -0.1) is 0 Å². The van der Waals surface area contributed by atoms with E-state index < -0.39 is 20.8 Å². The van der Waals surface area contributed by atoms with Crippen LogP contribution in [0.25, 0.3) is 0 Å². The SMILES string of the molecule is CNS(=O)(=O)c1ccc(CNCCC(C)S(C)=O)o1. The number of sulfonamides is 1. The van der Waals surface area contributed by atoms with Gasteiger partial charge in [0.1, 0.15) is 5.76 Å². The van der Waals surface area contributed by atoms with Gasteiger partial charge in [0.2, 0.25) is 5.09 Å². The molecule has 1 aromatic rings. The highest BCUT2D eigenvalue weighted by molar-refractivity contribution is 7.89. The van der Waals surface area contributed by atoms with Crippen molar-refractivity contribution < 1.29 is 17.0 Å². The number of hydrogen-bond donors (Lipinski definition) is 2. The van der Waals surface area contributed by atoms with Crippen molar-refractivity contribution in [1.29, 1.82) is 0 Å². The van der Waals surface area contributed by atoms with Gasteiger partial charge in [-0.25, -0.2) is 13.1 Å². The summed E-state index contributed by atoms with van der Waals surface area (Å²) < 4.78 is 41.5. The van der Waals surface area contributed by atoms with Gasteiger partial charge in [0.15, 0.2) is 0 Å².